The highest BCUT2D eigenvalue weighted by molar-refractivity contribution is 7.09. The fraction of sp³-hybridized carbons (Fsp3) is 0.625. The van der Waals surface area contributed by atoms with Gasteiger partial charge in [-0.15, -0.1) is 11.3 Å². The summed E-state index contributed by atoms with van der Waals surface area (Å²) in [7, 11) is 1.82. The van der Waals surface area contributed by atoms with Gasteiger partial charge in [0.2, 0.25) is 5.91 Å². The molecule has 232 valence electrons. The Bertz CT molecular complexity index is 1130. The van der Waals surface area contributed by atoms with Crippen LogP contribution in [0.2, 0.25) is 0 Å². The third-order valence-electron chi connectivity index (χ3n) is 7.92. The minimum atomic E-state index is -0.659. The van der Waals surface area contributed by atoms with Gasteiger partial charge in [0.05, 0.1) is 13.2 Å². The Hall–Kier alpha value is -2.82. The lowest BCUT2D eigenvalue weighted by Crippen LogP contribution is -2.48. The molecule has 1 N–H and O–H groups in total. The molecule has 4 atom stereocenters. The smallest absolute Gasteiger partial charge is 0.303 e. The molecule has 0 bridgehead atoms. The van der Waals surface area contributed by atoms with E-state index < -0.39 is 12.1 Å². The van der Waals surface area contributed by atoms with Gasteiger partial charge in [-0.2, -0.15) is 0 Å². The Morgan fingerprint density at radius 1 is 1.14 bits per heavy atom. The average Bonchev–Trinajstić information content (AvgIpc) is 3.46. The van der Waals surface area contributed by atoms with Crippen LogP contribution in [0, 0.1) is 11.8 Å². The van der Waals surface area contributed by atoms with Crippen LogP contribution in [-0.4, -0.2) is 84.5 Å². The maximum atomic E-state index is 13.4. The van der Waals surface area contributed by atoms with Gasteiger partial charge in [-0.25, -0.2) is 4.98 Å². The zero-order valence-electron chi connectivity index (χ0n) is 26.0. The Morgan fingerprint density at radius 2 is 1.83 bits per heavy atom. The predicted molar refractivity (Wildman–Crippen MR) is 165 cm³/mol. The van der Waals surface area contributed by atoms with Crippen LogP contribution in [0.5, 0.6) is 0 Å². The number of carbonyl (C=O) groups excluding carboxylic acids is 3. The summed E-state index contributed by atoms with van der Waals surface area (Å²) in [4.78, 5) is 47.3. The Morgan fingerprint density at radius 3 is 2.45 bits per heavy atom. The third kappa shape index (κ3) is 10.5. The molecular weight excluding hydrogens is 552 g/mol. The number of amides is 2. The van der Waals surface area contributed by atoms with E-state index in [2.05, 4.69) is 55.0 Å². The molecule has 0 aliphatic carbocycles. The average molecular weight is 601 g/mol. The molecule has 1 saturated heterocycles. The fourth-order valence-electron chi connectivity index (χ4n) is 5.22. The minimum Gasteiger partial charge on any atom is -0.455 e. The lowest BCUT2D eigenvalue weighted by atomic mass is 9.95. The van der Waals surface area contributed by atoms with E-state index in [0.717, 1.165) is 25.1 Å². The minimum absolute atomic E-state index is 0.0774. The number of aromatic nitrogens is 1. The number of morpholine rings is 1. The second-order valence-electron chi connectivity index (χ2n) is 11.7. The van der Waals surface area contributed by atoms with Crippen molar-refractivity contribution in [2.24, 2.45) is 11.8 Å². The fourth-order valence-corrected chi connectivity index (χ4v) is 6.06. The highest BCUT2D eigenvalue weighted by atomic mass is 32.1. The Kier molecular flexibility index (Phi) is 13.4. The van der Waals surface area contributed by atoms with E-state index in [9.17, 15) is 14.4 Å². The van der Waals surface area contributed by atoms with E-state index >= 15 is 0 Å². The van der Waals surface area contributed by atoms with Gasteiger partial charge in [-0.3, -0.25) is 19.3 Å². The van der Waals surface area contributed by atoms with Crippen LogP contribution >= 0.6 is 11.3 Å². The van der Waals surface area contributed by atoms with Crippen LogP contribution in [0.4, 0.5) is 0 Å². The molecule has 1 aromatic heterocycles. The number of carbonyl (C=O) groups is 3. The van der Waals surface area contributed by atoms with Gasteiger partial charge in [0.15, 0.2) is 6.10 Å². The number of thiazole rings is 1. The number of ether oxygens (including phenoxy) is 2. The number of esters is 1. The molecule has 2 amide bonds. The van der Waals surface area contributed by atoms with Crippen LogP contribution < -0.4 is 5.32 Å². The molecule has 1 aliphatic heterocycles. The number of rotatable bonds is 15. The monoisotopic (exact) mass is 600 g/mol. The first kappa shape index (κ1) is 33.7. The molecule has 1 fully saturated rings. The van der Waals surface area contributed by atoms with Gasteiger partial charge in [0.1, 0.15) is 10.7 Å². The summed E-state index contributed by atoms with van der Waals surface area (Å²) in [5, 5.41) is 5.47. The molecule has 0 unspecified atom stereocenters. The van der Waals surface area contributed by atoms with Gasteiger partial charge in [0.25, 0.3) is 5.91 Å². The highest BCUT2D eigenvalue weighted by Gasteiger charge is 2.31. The number of benzene rings is 1. The molecule has 1 aromatic carbocycles. The first-order chi connectivity index (χ1) is 20.1. The zero-order chi connectivity index (χ0) is 30.6. The lowest BCUT2D eigenvalue weighted by molar-refractivity contribution is -0.148. The topological polar surface area (TPSA) is 101 Å². The highest BCUT2D eigenvalue weighted by Crippen LogP contribution is 2.31. The van der Waals surface area contributed by atoms with Gasteiger partial charge in [-0.1, -0.05) is 64.4 Å². The summed E-state index contributed by atoms with van der Waals surface area (Å²) in [6, 6.07) is 9.87. The van der Waals surface area contributed by atoms with E-state index in [1.165, 1.54) is 18.3 Å². The quantitative estimate of drug-likeness (QED) is 0.295. The predicted octanol–water partition coefficient (Wildman–Crippen LogP) is 4.73. The van der Waals surface area contributed by atoms with E-state index in [-0.39, 0.29) is 29.8 Å². The summed E-state index contributed by atoms with van der Waals surface area (Å²) in [5.41, 5.74) is 1.45. The zero-order valence-corrected chi connectivity index (χ0v) is 26.8. The summed E-state index contributed by atoms with van der Waals surface area (Å²) in [5.74, 6) is -0.171. The Labute approximate surface area is 255 Å². The maximum absolute atomic E-state index is 13.4. The molecule has 2 aromatic rings. The van der Waals surface area contributed by atoms with E-state index in [1.54, 1.807) is 10.3 Å². The number of nitrogens with zero attached hydrogens (tertiary/aromatic N) is 3. The number of nitrogens with one attached hydrogen (secondary N) is 1. The molecule has 1 aliphatic rings. The second kappa shape index (κ2) is 16.7. The van der Waals surface area contributed by atoms with Gasteiger partial charge < -0.3 is 19.7 Å². The first-order valence-electron chi connectivity index (χ1n) is 15.1. The van der Waals surface area contributed by atoms with Crippen LogP contribution in [0.1, 0.15) is 81.0 Å². The molecule has 42 heavy (non-hydrogen) atoms. The van der Waals surface area contributed by atoms with Crippen molar-refractivity contribution in [3.63, 3.8) is 0 Å². The normalized spacial score (nSPS) is 16.8. The SMILES string of the molecule is CC[C@H](C)CC(=O)N(C)[C@H](C[C@@H](OC(C)=O)c1nc(C(=O)N[C@@H](Cc2ccccc2)CN2CCOCC2)cs1)C(C)C. The molecule has 10 heteroatoms. The number of hydrogen-bond acceptors (Lipinski definition) is 8. The summed E-state index contributed by atoms with van der Waals surface area (Å²) >= 11 is 1.30. The van der Waals surface area contributed by atoms with Crippen molar-refractivity contribution in [1.29, 1.82) is 0 Å². The van der Waals surface area contributed by atoms with Crippen molar-refractivity contribution in [2.75, 3.05) is 39.9 Å². The molecule has 2 heterocycles. The number of hydrogen-bond donors (Lipinski definition) is 1. The second-order valence-corrected chi connectivity index (χ2v) is 12.6. The molecule has 9 nitrogen and oxygen atoms in total. The Balaban J connectivity index is 1.75. The van der Waals surface area contributed by atoms with E-state index in [4.69, 9.17) is 9.47 Å². The van der Waals surface area contributed by atoms with Crippen molar-refractivity contribution in [1.82, 2.24) is 20.1 Å². The largest absolute Gasteiger partial charge is 0.455 e. The summed E-state index contributed by atoms with van der Waals surface area (Å²) in [6.07, 6.45) is 1.86. The van der Waals surface area contributed by atoms with Crippen LogP contribution in [0.15, 0.2) is 35.7 Å². The van der Waals surface area contributed by atoms with Crippen molar-refractivity contribution in [3.8, 4) is 0 Å². The van der Waals surface area contributed by atoms with Crippen molar-refractivity contribution < 1.29 is 23.9 Å². The van der Waals surface area contributed by atoms with Crippen LogP contribution in [0.25, 0.3) is 0 Å². The van der Waals surface area contributed by atoms with E-state index in [1.807, 2.05) is 25.2 Å². The van der Waals surface area contributed by atoms with E-state index in [0.29, 0.717) is 55.6 Å². The standard InChI is InChI=1S/C32H48N4O5S/c1-7-23(4)17-30(38)35(6)28(22(2)3)19-29(41-24(5)37)32-34-27(21-42-32)31(39)33-26(18-25-11-9-8-10-12-25)20-36-13-15-40-16-14-36/h8-12,21-23,26,28-29H,7,13-20H2,1-6H3,(H,33,39)/t23-,26-,28+,29+/m0/s1. The van der Waals surface area contributed by atoms with Gasteiger partial charge in [0, 0.05) is 63.9 Å². The van der Waals surface area contributed by atoms with Gasteiger partial charge in [-0.05, 0) is 23.8 Å². The van der Waals surface area contributed by atoms with Crippen molar-refractivity contribution in [2.45, 2.75) is 78.5 Å². The van der Waals surface area contributed by atoms with Gasteiger partial charge >= 0.3 is 5.97 Å². The molecule has 0 spiro atoms. The van der Waals surface area contributed by atoms with Crippen LogP contribution in [-0.2, 0) is 25.5 Å². The van der Waals surface area contributed by atoms with Crippen LogP contribution in [0.3, 0.4) is 0 Å². The molecule has 0 saturated carbocycles. The van der Waals surface area contributed by atoms with Crippen molar-refractivity contribution >= 4 is 29.1 Å². The van der Waals surface area contributed by atoms with Crippen molar-refractivity contribution in [3.05, 3.63) is 52.0 Å². The lowest BCUT2D eigenvalue weighted by Gasteiger charge is -2.34. The first-order valence-corrected chi connectivity index (χ1v) is 16.0. The third-order valence-corrected chi connectivity index (χ3v) is 8.85. The molecular formula is C32H48N4O5S. The molecule has 3 rings (SSSR count). The summed E-state index contributed by atoms with van der Waals surface area (Å²) in [6.45, 7) is 13.4. The molecule has 0 radical (unpaired) electrons. The summed E-state index contributed by atoms with van der Waals surface area (Å²) < 4.78 is 11.2. The maximum Gasteiger partial charge on any atom is 0.303 e.